The van der Waals surface area contributed by atoms with Gasteiger partial charge in [0.05, 0.1) is 9.92 Å². The third kappa shape index (κ3) is 5.68. The summed E-state index contributed by atoms with van der Waals surface area (Å²) in [6.45, 7) is 3.26. The van der Waals surface area contributed by atoms with E-state index in [2.05, 4.69) is 20.0 Å². The molecule has 0 radical (unpaired) electrons. The first kappa shape index (κ1) is 21.5. The highest BCUT2D eigenvalue weighted by Gasteiger charge is 2.16. The number of aryl methyl sites for hydroxylation is 2. The van der Waals surface area contributed by atoms with Gasteiger partial charge >= 0.3 is 0 Å². The Morgan fingerprint density at radius 3 is 2.30 bits per heavy atom. The second-order valence-electron chi connectivity index (χ2n) is 6.37. The topological polar surface area (TPSA) is 110 Å². The number of rotatable bonds is 7. The zero-order chi connectivity index (χ0) is 21.7. The maximum absolute atomic E-state index is 12.5. The van der Waals surface area contributed by atoms with Crippen molar-refractivity contribution >= 4 is 39.2 Å². The molecule has 0 bridgehead atoms. The predicted octanol–water partition coefficient (Wildman–Crippen LogP) is 3.57. The number of sulfonamides is 1. The molecule has 0 saturated carbocycles. The number of aromatic nitrogens is 2. The Morgan fingerprint density at radius 1 is 1.03 bits per heavy atom. The van der Waals surface area contributed by atoms with Crippen molar-refractivity contribution in [1.82, 2.24) is 9.97 Å². The highest BCUT2D eigenvalue weighted by atomic mass is 35.5. The van der Waals surface area contributed by atoms with Gasteiger partial charge in [0, 0.05) is 17.1 Å². The normalized spacial score (nSPS) is 11.0. The lowest BCUT2D eigenvalue weighted by atomic mass is 10.3. The van der Waals surface area contributed by atoms with Gasteiger partial charge in [-0.05, 0) is 56.3 Å². The molecule has 0 spiro atoms. The zero-order valence-electron chi connectivity index (χ0n) is 16.2. The maximum Gasteiger partial charge on any atom is 0.264 e. The minimum Gasteiger partial charge on any atom is -0.482 e. The van der Waals surface area contributed by atoms with Crippen molar-refractivity contribution in [3.05, 3.63) is 71.0 Å². The number of amides is 1. The van der Waals surface area contributed by atoms with Crippen molar-refractivity contribution in [2.45, 2.75) is 18.7 Å². The van der Waals surface area contributed by atoms with E-state index in [-0.39, 0.29) is 17.5 Å². The fraction of sp³-hybridized carbons (Fsp3) is 0.150. The Kier molecular flexibility index (Phi) is 6.53. The Labute approximate surface area is 179 Å². The standard InChI is InChI=1S/C20H19ClN4O4S/c1-13-11-14(2)23-20(22-13)25-30(27,28)16-9-7-15(8-10-16)24-19(26)12-29-18-6-4-3-5-17(18)21/h3-11H,12H2,1-2H3,(H,24,26)(H,22,23,25). The summed E-state index contributed by atoms with van der Waals surface area (Å²) < 4.78 is 32.8. The zero-order valence-corrected chi connectivity index (χ0v) is 17.8. The van der Waals surface area contributed by atoms with Gasteiger partial charge in [0.15, 0.2) is 6.61 Å². The SMILES string of the molecule is Cc1cc(C)nc(NS(=O)(=O)c2ccc(NC(=O)COc3ccccc3Cl)cc2)n1. The van der Waals surface area contributed by atoms with Crippen molar-refractivity contribution < 1.29 is 17.9 Å². The van der Waals surface area contributed by atoms with E-state index in [0.29, 0.717) is 27.8 Å². The van der Waals surface area contributed by atoms with Gasteiger partial charge in [-0.2, -0.15) is 0 Å². The lowest BCUT2D eigenvalue weighted by Crippen LogP contribution is -2.20. The number of hydrogen-bond donors (Lipinski definition) is 2. The molecule has 156 valence electrons. The smallest absolute Gasteiger partial charge is 0.264 e. The molecule has 3 aromatic rings. The minimum absolute atomic E-state index is 0.00148. The van der Waals surface area contributed by atoms with Crippen LogP contribution in [-0.2, 0) is 14.8 Å². The van der Waals surface area contributed by atoms with Gasteiger partial charge in [-0.25, -0.2) is 23.1 Å². The molecule has 2 N–H and O–H groups in total. The molecular formula is C20H19ClN4O4S. The Hall–Kier alpha value is -3.17. The third-order valence-corrected chi connectivity index (χ3v) is 5.51. The fourth-order valence-corrected chi connectivity index (χ4v) is 3.70. The minimum atomic E-state index is -3.87. The number of carbonyl (C=O) groups is 1. The molecule has 0 aliphatic heterocycles. The van der Waals surface area contributed by atoms with Crippen LogP contribution in [0.1, 0.15) is 11.4 Å². The maximum atomic E-state index is 12.5. The lowest BCUT2D eigenvalue weighted by molar-refractivity contribution is -0.118. The number of anilines is 2. The van der Waals surface area contributed by atoms with Crippen LogP contribution in [0.5, 0.6) is 5.75 Å². The number of halogens is 1. The number of nitrogens with one attached hydrogen (secondary N) is 2. The molecule has 1 heterocycles. The summed E-state index contributed by atoms with van der Waals surface area (Å²) in [5, 5.41) is 3.03. The summed E-state index contributed by atoms with van der Waals surface area (Å²) in [5.41, 5.74) is 1.72. The van der Waals surface area contributed by atoms with Gasteiger partial charge in [-0.15, -0.1) is 0 Å². The van der Waals surface area contributed by atoms with Crippen LogP contribution in [-0.4, -0.2) is 30.9 Å². The second-order valence-corrected chi connectivity index (χ2v) is 8.46. The number of nitrogens with zero attached hydrogens (tertiary/aromatic N) is 2. The lowest BCUT2D eigenvalue weighted by Gasteiger charge is -2.10. The summed E-state index contributed by atoms with van der Waals surface area (Å²) in [6.07, 6.45) is 0. The molecule has 0 unspecified atom stereocenters. The molecule has 1 aromatic heterocycles. The van der Waals surface area contributed by atoms with E-state index in [1.165, 1.54) is 24.3 Å². The molecule has 0 fully saturated rings. The number of ether oxygens (including phenoxy) is 1. The highest BCUT2D eigenvalue weighted by Crippen LogP contribution is 2.23. The number of hydrogen-bond acceptors (Lipinski definition) is 6. The first-order valence-corrected chi connectivity index (χ1v) is 10.7. The molecule has 0 aliphatic rings. The summed E-state index contributed by atoms with van der Waals surface area (Å²) in [6, 6.07) is 14.2. The van der Waals surface area contributed by atoms with Crippen LogP contribution in [0.3, 0.4) is 0 Å². The van der Waals surface area contributed by atoms with Crippen molar-refractivity contribution in [3.8, 4) is 5.75 Å². The first-order chi connectivity index (χ1) is 14.2. The molecule has 0 atom stereocenters. The molecule has 3 rings (SSSR count). The number of carbonyl (C=O) groups excluding carboxylic acids is 1. The van der Waals surface area contributed by atoms with Gasteiger partial charge in [0.25, 0.3) is 15.9 Å². The van der Waals surface area contributed by atoms with Crippen LogP contribution >= 0.6 is 11.6 Å². The van der Waals surface area contributed by atoms with Crippen molar-refractivity contribution in [2.24, 2.45) is 0 Å². The summed E-state index contributed by atoms with van der Waals surface area (Å²) in [5.74, 6) is -0.00988. The van der Waals surface area contributed by atoms with E-state index >= 15 is 0 Å². The van der Waals surface area contributed by atoms with Gasteiger partial charge < -0.3 is 10.1 Å². The van der Waals surface area contributed by atoms with E-state index in [1.54, 1.807) is 44.2 Å². The Morgan fingerprint density at radius 2 is 1.67 bits per heavy atom. The largest absolute Gasteiger partial charge is 0.482 e. The van der Waals surface area contributed by atoms with Gasteiger partial charge in [-0.1, -0.05) is 23.7 Å². The average molecular weight is 447 g/mol. The molecule has 30 heavy (non-hydrogen) atoms. The quantitative estimate of drug-likeness (QED) is 0.574. The Balaban J connectivity index is 1.62. The molecule has 8 nitrogen and oxygen atoms in total. The van der Waals surface area contributed by atoms with Crippen LogP contribution in [0.4, 0.5) is 11.6 Å². The molecule has 0 aliphatic carbocycles. The first-order valence-electron chi connectivity index (χ1n) is 8.85. The van der Waals surface area contributed by atoms with Crippen LogP contribution in [0, 0.1) is 13.8 Å². The van der Waals surface area contributed by atoms with E-state index in [1.807, 2.05) is 0 Å². The van der Waals surface area contributed by atoms with Crippen LogP contribution < -0.4 is 14.8 Å². The summed E-state index contributed by atoms with van der Waals surface area (Å²) >= 11 is 5.97. The van der Waals surface area contributed by atoms with Gasteiger partial charge in [-0.3, -0.25) is 4.79 Å². The van der Waals surface area contributed by atoms with E-state index in [9.17, 15) is 13.2 Å². The summed E-state index contributed by atoms with van der Waals surface area (Å²) in [4.78, 5) is 20.2. The monoisotopic (exact) mass is 446 g/mol. The summed E-state index contributed by atoms with van der Waals surface area (Å²) in [7, 11) is -3.87. The van der Waals surface area contributed by atoms with Gasteiger partial charge in [0.2, 0.25) is 5.95 Å². The number of para-hydroxylation sites is 1. The van der Waals surface area contributed by atoms with Crippen molar-refractivity contribution in [1.29, 1.82) is 0 Å². The molecule has 2 aromatic carbocycles. The Bertz CT molecular complexity index is 1150. The van der Waals surface area contributed by atoms with Crippen LogP contribution in [0.15, 0.2) is 59.5 Å². The third-order valence-electron chi connectivity index (χ3n) is 3.85. The second kappa shape index (κ2) is 9.10. The molecule has 0 saturated heterocycles. The number of benzene rings is 2. The highest BCUT2D eigenvalue weighted by molar-refractivity contribution is 7.92. The average Bonchev–Trinajstić information content (AvgIpc) is 2.66. The molecular weight excluding hydrogens is 428 g/mol. The van der Waals surface area contributed by atoms with Crippen LogP contribution in [0.2, 0.25) is 5.02 Å². The predicted molar refractivity (Wildman–Crippen MR) is 114 cm³/mol. The van der Waals surface area contributed by atoms with E-state index in [0.717, 1.165) is 0 Å². The van der Waals surface area contributed by atoms with Gasteiger partial charge in [0.1, 0.15) is 5.75 Å². The molecule has 1 amide bonds. The van der Waals surface area contributed by atoms with E-state index in [4.69, 9.17) is 16.3 Å². The molecule has 10 heteroatoms. The van der Waals surface area contributed by atoms with E-state index < -0.39 is 15.9 Å². The van der Waals surface area contributed by atoms with Crippen molar-refractivity contribution in [3.63, 3.8) is 0 Å². The van der Waals surface area contributed by atoms with Crippen molar-refractivity contribution in [2.75, 3.05) is 16.6 Å². The van der Waals surface area contributed by atoms with Crippen LogP contribution in [0.25, 0.3) is 0 Å². The fourth-order valence-electron chi connectivity index (χ4n) is 2.57.